The van der Waals surface area contributed by atoms with Crippen LogP contribution >= 0.6 is 0 Å². The molecule has 0 N–H and O–H groups in total. The molecule has 1 aliphatic heterocycles. The van der Waals surface area contributed by atoms with Crippen molar-refractivity contribution in [2.24, 2.45) is 0 Å². The molecular formula is C17H19F2N3O3S. The van der Waals surface area contributed by atoms with Crippen LogP contribution in [0.25, 0.3) is 0 Å². The largest absolute Gasteiger partial charge is 0.471 e. The lowest BCUT2D eigenvalue weighted by Crippen LogP contribution is -2.32. The standard InChI is InChI=1S/C17H19F2N3O3S/c1-2-15-16(19)17(21-11-20-15)25-13-7-8-22(9-13)26(23,24)10-12-5-3-4-6-14(12)18/h3-6,11,13H,2,7-10H2,1H3. The van der Waals surface area contributed by atoms with Gasteiger partial charge in [0.25, 0.3) is 5.88 Å². The molecule has 1 aliphatic rings. The Kier molecular flexibility index (Phi) is 5.47. The first kappa shape index (κ1) is 18.7. The molecule has 0 saturated carbocycles. The number of ether oxygens (including phenoxy) is 1. The zero-order valence-electron chi connectivity index (χ0n) is 14.2. The van der Waals surface area contributed by atoms with E-state index in [1.165, 1.54) is 28.8 Å². The van der Waals surface area contributed by atoms with Crippen molar-refractivity contribution < 1.29 is 21.9 Å². The number of benzene rings is 1. The van der Waals surface area contributed by atoms with Crippen molar-refractivity contribution in [2.75, 3.05) is 13.1 Å². The molecule has 3 rings (SSSR count). The summed E-state index contributed by atoms with van der Waals surface area (Å²) in [5.74, 6) is -1.77. The lowest BCUT2D eigenvalue weighted by Gasteiger charge is -2.17. The van der Waals surface area contributed by atoms with Crippen molar-refractivity contribution in [2.45, 2.75) is 31.6 Å². The second-order valence-electron chi connectivity index (χ2n) is 6.03. The van der Waals surface area contributed by atoms with Gasteiger partial charge in [0.15, 0.2) is 0 Å². The molecule has 1 aromatic heterocycles. The van der Waals surface area contributed by atoms with Gasteiger partial charge in [-0.15, -0.1) is 0 Å². The molecule has 1 saturated heterocycles. The van der Waals surface area contributed by atoms with Crippen LogP contribution in [0.3, 0.4) is 0 Å². The summed E-state index contributed by atoms with van der Waals surface area (Å²) in [6.07, 6.45) is 1.51. The second kappa shape index (κ2) is 7.63. The molecule has 1 fully saturated rings. The Morgan fingerprint density at radius 3 is 2.77 bits per heavy atom. The molecule has 1 aromatic carbocycles. The average molecular weight is 383 g/mol. The van der Waals surface area contributed by atoms with E-state index in [0.717, 1.165) is 0 Å². The van der Waals surface area contributed by atoms with Crippen LogP contribution in [0.2, 0.25) is 0 Å². The number of sulfonamides is 1. The Hall–Kier alpha value is -2.13. The molecule has 1 atom stereocenters. The average Bonchev–Trinajstić information content (AvgIpc) is 3.08. The van der Waals surface area contributed by atoms with E-state index in [-0.39, 0.29) is 30.2 Å². The molecule has 6 nitrogen and oxygen atoms in total. The van der Waals surface area contributed by atoms with Gasteiger partial charge in [0, 0.05) is 12.1 Å². The maximum absolute atomic E-state index is 14.2. The molecule has 0 amide bonds. The highest BCUT2D eigenvalue weighted by atomic mass is 32.2. The molecule has 1 unspecified atom stereocenters. The first-order valence-corrected chi connectivity index (χ1v) is 9.89. The maximum atomic E-state index is 14.2. The van der Waals surface area contributed by atoms with Gasteiger partial charge in [-0.05, 0) is 18.9 Å². The van der Waals surface area contributed by atoms with E-state index < -0.39 is 33.5 Å². The van der Waals surface area contributed by atoms with Crippen molar-refractivity contribution in [1.29, 1.82) is 0 Å². The minimum atomic E-state index is -3.70. The predicted molar refractivity (Wildman–Crippen MR) is 91.0 cm³/mol. The van der Waals surface area contributed by atoms with Crippen LogP contribution in [0.4, 0.5) is 8.78 Å². The molecule has 0 aliphatic carbocycles. The number of rotatable bonds is 6. The van der Waals surface area contributed by atoms with Gasteiger partial charge in [-0.3, -0.25) is 0 Å². The summed E-state index contributed by atoms with van der Waals surface area (Å²) in [5, 5.41) is 0. The smallest absolute Gasteiger partial charge is 0.254 e. The molecule has 0 spiro atoms. The summed E-state index contributed by atoms with van der Waals surface area (Å²) in [4.78, 5) is 7.62. The van der Waals surface area contributed by atoms with Crippen LogP contribution in [0, 0.1) is 11.6 Å². The highest BCUT2D eigenvalue weighted by Crippen LogP contribution is 2.24. The Morgan fingerprint density at radius 1 is 1.27 bits per heavy atom. The van der Waals surface area contributed by atoms with Crippen LogP contribution in [-0.4, -0.2) is 41.9 Å². The van der Waals surface area contributed by atoms with Crippen molar-refractivity contribution in [1.82, 2.24) is 14.3 Å². The second-order valence-corrected chi connectivity index (χ2v) is 8.00. The summed E-state index contributed by atoms with van der Waals surface area (Å²) in [5.41, 5.74) is 0.364. The van der Waals surface area contributed by atoms with Gasteiger partial charge in [0.05, 0.1) is 18.0 Å². The Labute approximate surface area is 150 Å². The SMILES string of the molecule is CCc1ncnc(OC2CCN(S(=O)(=O)Cc3ccccc3F)C2)c1F. The van der Waals surface area contributed by atoms with Gasteiger partial charge in [-0.1, -0.05) is 25.1 Å². The number of halogens is 2. The molecule has 0 bridgehead atoms. The molecule has 9 heteroatoms. The fourth-order valence-electron chi connectivity index (χ4n) is 2.82. The number of hydrogen-bond acceptors (Lipinski definition) is 5. The molecule has 140 valence electrons. The third kappa shape index (κ3) is 3.99. The number of hydrogen-bond donors (Lipinski definition) is 0. The Morgan fingerprint density at radius 2 is 2.04 bits per heavy atom. The van der Waals surface area contributed by atoms with Gasteiger partial charge in [-0.2, -0.15) is 13.7 Å². The quantitative estimate of drug-likeness (QED) is 0.765. The highest BCUT2D eigenvalue weighted by molar-refractivity contribution is 7.88. The first-order chi connectivity index (χ1) is 12.4. The summed E-state index contributed by atoms with van der Waals surface area (Å²) >= 11 is 0. The minimum absolute atomic E-state index is 0.0711. The summed E-state index contributed by atoms with van der Waals surface area (Å²) < 4.78 is 59.7. The van der Waals surface area contributed by atoms with Crippen molar-refractivity contribution in [3.05, 3.63) is 53.5 Å². The van der Waals surface area contributed by atoms with Gasteiger partial charge < -0.3 is 4.74 Å². The molecule has 2 aromatic rings. The summed E-state index contributed by atoms with van der Waals surface area (Å²) in [6.45, 7) is 2.07. The van der Waals surface area contributed by atoms with E-state index in [1.54, 1.807) is 13.0 Å². The zero-order valence-corrected chi connectivity index (χ0v) is 15.0. The number of aryl methyl sites for hydroxylation is 1. The predicted octanol–water partition coefficient (Wildman–Crippen LogP) is 2.30. The molecule has 2 heterocycles. The molecule has 0 radical (unpaired) electrons. The van der Waals surface area contributed by atoms with Gasteiger partial charge >= 0.3 is 0 Å². The van der Waals surface area contributed by atoms with E-state index in [0.29, 0.717) is 12.8 Å². The first-order valence-electron chi connectivity index (χ1n) is 8.28. The van der Waals surface area contributed by atoms with Crippen LogP contribution < -0.4 is 4.74 Å². The lowest BCUT2D eigenvalue weighted by atomic mass is 10.2. The summed E-state index contributed by atoms with van der Waals surface area (Å²) in [7, 11) is -3.70. The third-order valence-electron chi connectivity index (χ3n) is 4.24. The van der Waals surface area contributed by atoms with Gasteiger partial charge in [0.2, 0.25) is 15.8 Å². The van der Waals surface area contributed by atoms with E-state index in [9.17, 15) is 17.2 Å². The maximum Gasteiger partial charge on any atom is 0.254 e. The van der Waals surface area contributed by atoms with Crippen LogP contribution in [0.5, 0.6) is 5.88 Å². The summed E-state index contributed by atoms with van der Waals surface area (Å²) in [6, 6.07) is 5.77. The molecule has 26 heavy (non-hydrogen) atoms. The van der Waals surface area contributed by atoms with Crippen LogP contribution in [0.15, 0.2) is 30.6 Å². The number of nitrogens with zero attached hydrogens (tertiary/aromatic N) is 3. The van der Waals surface area contributed by atoms with Crippen LogP contribution in [0.1, 0.15) is 24.6 Å². The van der Waals surface area contributed by atoms with Gasteiger partial charge in [0.1, 0.15) is 18.2 Å². The van der Waals surface area contributed by atoms with E-state index >= 15 is 0 Å². The number of aromatic nitrogens is 2. The van der Waals surface area contributed by atoms with Gasteiger partial charge in [-0.25, -0.2) is 17.8 Å². The highest BCUT2D eigenvalue weighted by Gasteiger charge is 2.33. The van der Waals surface area contributed by atoms with Crippen LogP contribution in [-0.2, 0) is 22.2 Å². The van der Waals surface area contributed by atoms with E-state index in [1.807, 2.05) is 0 Å². The zero-order chi connectivity index (χ0) is 18.7. The van der Waals surface area contributed by atoms with E-state index in [2.05, 4.69) is 9.97 Å². The van der Waals surface area contributed by atoms with Crippen molar-refractivity contribution in [3.8, 4) is 5.88 Å². The topological polar surface area (TPSA) is 72.4 Å². The fraction of sp³-hybridized carbons (Fsp3) is 0.412. The monoisotopic (exact) mass is 383 g/mol. The Bertz CT molecular complexity index is 893. The Balaban J connectivity index is 1.67. The normalized spacial score (nSPS) is 18.2. The van der Waals surface area contributed by atoms with E-state index in [4.69, 9.17) is 4.74 Å². The lowest BCUT2D eigenvalue weighted by molar-refractivity contribution is 0.195. The van der Waals surface area contributed by atoms with Crippen molar-refractivity contribution >= 4 is 10.0 Å². The fourth-order valence-corrected chi connectivity index (χ4v) is 4.41. The van der Waals surface area contributed by atoms with Crippen molar-refractivity contribution in [3.63, 3.8) is 0 Å². The molecular weight excluding hydrogens is 364 g/mol. The minimum Gasteiger partial charge on any atom is -0.471 e. The third-order valence-corrected chi connectivity index (χ3v) is 6.03.